The van der Waals surface area contributed by atoms with Crippen molar-refractivity contribution in [1.82, 2.24) is 4.31 Å². The summed E-state index contributed by atoms with van der Waals surface area (Å²) in [7, 11) is -2.47. The van der Waals surface area contributed by atoms with Gasteiger partial charge in [-0.2, -0.15) is 13.1 Å². The molecular weight excluding hydrogens is 404 g/mol. The fraction of sp³-hybridized carbons (Fsp3) is 0.350. The van der Waals surface area contributed by atoms with Crippen molar-refractivity contribution in [3.63, 3.8) is 0 Å². The molecule has 0 bridgehead atoms. The minimum Gasteiger partial charge on any atom is -0.493 e. The molecule has 0 aromatic heterocycles. The molecule has 156 valence electrons. The van der Waals surface area contributed by atoms with Gasteiger partial charge in [0.1, 0.15) is 0 Å². The number of sulfonamides is 1. The lowest BCUT2D eigenvalue weighted by Gasteiger charge is -2.22. The average molecular weight is 425 g/mol. The Bertz CT molecular complexity index is 988. The number of benzene rings is 2. The Morgan fingerprint density at radius 1 is 1.14 bits per heavy atom. The van der Waals surface area contributed by atoms with E-state index in [-0.39, 0.29) is 34.8 Å². The van der Waals surface area contributed by atoms with E-state index in [4.69, 9.17) is 4.74 Å². The zero-order valence-corrected chi connectivity index (χ0v) is 16.8. The second-order valence-electron chi connectivity index (χ2n) is 6.73. The summed E-state index contributed by atoms with van der Waals surface area (Å²) in [5.41, 5.74) is 1.01. The molecule has 9 heteroatoms. The molecule has 0 aliphatic heterocycles. The normalized spacial score (nSPS) is 14.3. The van der Waals surface area contributed by atoms with Crippen LogP contribution >= 0.6 is 0 Å². The van der Waals surface area contributed by atoms with Crippen molar-refractivity contribution >= 4 is 15.8 Å². The number of alkyl halides is 2. The SMILES string of the molecule is COc1cc(CN(C2CC2)S(=O)(=O)c2ccc(C(C)=O)cc2)ccc1OC(F)F. The second-order valence-corrected chi connectivity index (χ2v) is 8.62. The molecule has 2 aromatic rings. The molecule has 0 unspecified atom stereocenters. The van der Waals surface area contributed by atoms with Gasteiger partial charge in [-0.25, -0.2) is 8.42 Å². The molecule has 0 heterocycles. The molecule has 2 aromatic carbocycles. The van der Waals surface area contributed by atoms with Crippen LogP contribution in [-0.2, 0) is 16.6 Å². The van der Waals surface area contributed by atoms with Crippen molar-refractivity contribution in [2.75, 3.05) is 7.11 Å². The lowest BCUT2D eigenvalue weighted by molar-refractivity contribution is -0.0512. The Labute approximate surface area is 168 Å². The number of ether oxygens (including phenoxy) is 2. The lowest BCUT2D eigenvalue weighted by atomic mass is 10.2. The predicted molar refractivity (Wildman–Crippen MR) is 102 cm³/mol. The molecule has 0 saturated heterocycles. The summed E-state index contributed by atoms with van der Waals surface area (Å²) in [5.74, 6) is -0.167. The van der Waals surface area contributed by atoms with Gasteiger partial charge in [-0.05, 0) is 49.6 Å². The smallest absolute Gasteiger partial charge is 0.387 e. The van der Waals surface area contributed by atoms with E-state index in [0.29, 0.717) is 11.1 Å². The van der Waals surface area contributed by atoms with Gasteiger partial charge in [0.15, 0.2) is 17.3 Å². The highest BCUT2D eigenvalue weighted by Crippen LogP contribution is 2.35. The zero-order valence-electron chi connectivity index (χ0n) is 16.0. The highest BCUT2D eigenvalue weighted by atomic mass is 32.2. The number of hydrogen-bond acceptors (Lipinski definition) is 5. The van der Waals surface area contributed by atoms with Crippen LogP contribution in [0.15, 0.2) is 47.4 Å². The van der Waals surface area contributed by atoms with Crippen molar-refractivity contribution in [2.24, 2.45) is 0 Å². The topological polar surface area (TPSA) is 72.9 Å². The van der Waals surface area contributed by atoms with Gasteiger partial charge in [0.25, 0.3) is 0 Å². The van der Waals surface area contributed by atoms with E-state index < -0.39 is 16.6 Å². The van der Waals surface area contributed by atoms with Crippen LogP contribution in [0.4, 0.5) is 8.78 Å². The molecule has 1 fully saturated rings. The third-order valence-electron chi connectivity index (χ3n) is 4.60. The fourth-order valence-corrected chi connectivity index (χ4v) is 4.63. The Morgan fingerprint density at radius 2 is 1.79 bits per heavy atom. The minimum atomic E-state index is -3.80. The van der Waals surface area contributed by atoms with Crippen molar-refractivity contribution in [3.8, 4) is 11.5 Å². The maximum absolute atomic E-state index is 13.2. The molecule has 0 amide bonds. The van der Waals surface area contributed by atoms with E-state index in [9.17, 15) is 22.0 Å². The van der Waals surface area contributed by atoms with Gasteiger partial charge >= 0.3 is 6.61 Å². The van der Waals surface area contributed by atoms with E-state index in [1.54, 1.807) is 0 Å². The molecule has 1 aliphatic rings. The van der Waals surface area contributed by atoms with E-state index >= 15 is 0 Å². The summed E-state index contributed by atoms with van der Waals surface area (Å²) in [6.45, 7) is -1.52. The zero-order chi connectivity index (χ0) is 21.2. The number of ketones is 1. The standard InChI is InChI=1S/C20H21F2NO5S/c1-13(24)15-4-8-17(9-5-15)29(25,26)23(16-6-7-16)12-14-3-10-18(28-20(21)22)19(11-14)27-2/h3-5,8-11,16,20H,6-7,12H2,1-2H3. The molecule has 0 N–H and O–H groups in total. The highest BCUT2D eigenvalue weighted by Gasteiger charge is 2.38. The van der Waals surface area contributed by atoms with Crippen LogP contribution in [0.1, 0.15) is 35.7 Å². The van der Waals surface area contributed by atoms with Crippen molar-refractivity contribution in [2.45, 2.75) is 43.9 Å². The van der Waals surface area contributed by atoms with Gasteiger partial charge in [-0.15, -0.1) is 0 Å². The van der Waals surface area contributed by atoms with Crippen LogP contribution in [0, 0.1) is 0 Å². The van der Waals surface area contributed by atoms with Gasteiger partial charge < -0.3 is 9.47 Å². The average Bonchev–Trinajstić information content (AvgIpc) is 3.51. The first kappa shape index (κ1) is 21.2. The number of carbonyl (C=O) groups is 1. The quantitative estimate of drug-likeness (QED) is 0.571. The number of carbonyl (C=O) groups excluding carboxylic acids is 1. The molecule has 29 heavy (non-hydrogen) atoms. The van der Waals surface area contributed by atoms with Gasteiger partial charge in [0.2, 0.25) is 10.0 Å². The second kappa shape index (κ2) is 8.46. The largest absolute Gasteiger partial charge is 0.493 e. The number of hydrogen-bond donors (Lipinski definition) is 0. The van der Waals surface area contributed by atoms with E-state index in [1.807, 2.05) is 0 Å². The summed E-state index contributed by atoms with van der Waals surface area (Å²) in [6.07, 6.45) is 1.49. The van der Waals surface area contributed by atoms with E-state index in [1.165, 1.54) is 60.8 Å². The number of methoxy groups -OCH3 is 1. The molecule has 3 rings (SSSR count). The third-order valence-corrected chi connectivity index (χ3v) is 6.52. The third kappa shape index (κ3) is 4.91. The molecule has 0 atom stereocenters. The summed E-state index contributed by atoms with van der Waals surface area (Å²) < 4.78 is 62.2. The molecule has 1 saturated carbocycles. The molecule has 6 nitrogen and oxygen atoms in total. The maximum atomic E-state index is 13.2. The Balaban J connectivity index is 1.87. The molecule has 1 aliphatic carbocycles. The number of Topliss-reactive ketones (excluding diaryl/α,β-unsaturated/α-hetero) is 1. The van der Waals surface area contributed by atoms with Crippen LogP contribution in [0.3, 0.4) is 0 Å². The predicted octanol–water partition coefficient (Wildman–Crippen LogP) is 3.85. The van der Waals surface area contributed by atoms with Crippen LogP contribution in [0.25, 0.3) is 0 Å². The molecule has 0 spiro atoms. The first-order chi connectivity index (χ1) is 13.7. The number of rotatable bonds is 9. The Kier molecular flexibility index (Phi) is 6.18. The fourth-order valence-electron chi connectivity index (χ4n) is 2.95. The summed E-state index contributed by atoms with van der Waals surface area (Å²) in [4.78, 5) is 11.5. The van der Waals surface area contributed by atoms with Gasteiger partial charge in [-0.3, -0.25) is 4.79 Å². The number of nitrogens with zero attached hydrogens (tertiary/aromatic N) is 1. The first-order valence-electron chi connectivity index (χ1n) is 8.97. The van der Waals surface area contributed by atoms with Gasteiger partial charge in [0.05, 0.1) is 12.0 Å². The van der Waals surface area contributed by atoms with Crippen LogP contribution < -0.4 is 9.47 Å². The highest BCUT2D eigenvalue weighted by molar-refractivity contribution is 7.89. The molecule has 0 radical (unpaired) electrons. The van der Waals surface area contributed by atoms with E-state index in [0.717, 1.165) is 12.8 Å². The van der Waals surface area contributed by atoms with Gasteiger partial charge in [-0.1, -0.05) is 18.2 Å². The Hall–Kier alpha value is -2.52. The summed E-state index contributed by atoms with van der Waals surface area (Å²) in [6, 6.07) is 10.0. The first-order valence-corrected chi connectivity index (χ1v) is 10.4. The molecular formula is C20H21F2NO5S. The maximum Gasteiger partial charge on any atom is 0.387 e. The van der Waals surface area contributed by atoms with Crippen LogP contribution in [-0.4, -0.2) is 38.3 Å². The van der Waals surface area contributed by atoms with Crippen molar-refractivity contribution in [1.29, 1.82) is 0 Å². The monoisotopic (exact) mass is 425 g/mol. The summed E-state index contributed by atoms with van der Waals surface area (Å²) in [5, 5.41) is 0. The van der Waals surface area contributed by atoms with Crippen molar-refractivity contribution in [3.05, 3.63) is 53.6 Å². The Morgan fingerprint density at radius 3 is 2.31 bits per heavy atom. The summed E-state index contributed by atoms with van der Waals surface area (Å²) >= 11 is 0. The minimum absolute atomic E-state index is 0.0623. The van der Waals surface area contributed by atoms with Crippen molar-refractivity contribution < 1.29 is 31.5 Å². The van der Waals surface area contributed by atoms with Gasteiger partial charge in [0, 0.05) is 18.2 Å². The van der Waals surface area contributed by atoms with Crippen LogP contribution in [0.2, 0.25) is 0 Å². The lowest BCUT2D eigenvalue weighted by Crippen LogP contribution is -2.32. The number of halogens is 2. The van der Waals surface area contributed by atoms with Crippen LogP contribution in [0.5, 0.6) is 11.5 Å². The van der Waals surface area contributed by atoms with E-state index in [2.05, 4.69) is 4.74 Å².